The summed E-state index contributed by atoms with van der Waals surface area (Å²) in [5.74, 6) is 1.02. The molecule has 0 unspecified atom stereocenters. The van der Waals surface area contributed by atoms with Gasteiger partial charge in [0.2, 0.25) is 0 Å². The van der Waals surface area contributed by atoms with Gasteiger partial charge < -0.3 is 4.74 Å². The van der Waals surface area contributed by atoms with E-state index >= 15 is 0 Å². The van der Waals surface area contributed by atoms with Gasteiger partial charge in [0.15, 0.2) is 0 Å². The summed E-state index contributed by atoms with van der Waals surface area (Å²) in [4.78, 5) is 0. The second kappa shape index (κ2) is 5.10. The summed E-state index contributed by atoms with van der Waals surface area (Å²) in [7, 11) is 1.70. The second-order valence-electron chi connectivity index (χ2n) is 2.41. The summed E-state index contributed by atoms with van der Waals surface area (Å²) in [6.45, 7) is 7.87. The molecule has 1 nitrogen and oxygen atoms in total. The minimum atomic E-state index is 1.00. The zero-order chi connectivity index (χ0) is 7.98. The highest BCUT2D eigenvalue weighted by Crippen LogP contribution is 2.07. The van der Waals surface area contributed by atoms with Crippen LogP contribution < -0.4 is 0 Å². The Morgan fingerprint density at radius 1 is 1.60 bits per heavy atom. The molecule has 0 rings (SSSR count). The van der Waals surface area contributed by atoms with Gasteiger partial charge in [-0.1, -0.05) is 19.1 Å². The Bertz CT molecular complexity index is 134. The van der Waals surface area contributed by atoms with E-state index in [0.717, 1.165) is 24.2 Å². The van der Waals surface area contributed by atoms with E-state index in [9.17, 15) is 0 Å². The van der Waals surface area contributed by atoms with E-state index in [2.05, 4.69) is 13.5 Å². The van der Waals surface area contributed by atoms with Crippen LogP contribution >= 0.6 is 0 Å². The summed E-state index contributed by atoms with van der Waals surface area (Å²) < 4.78 is 5.10. The highest BCUT2D eigenvalue weighted by molar-refractivity contribution is 5.14. The Morgan fingerprint density at radius 3 is 2.50 bits per heavy atom. The van der Waals surface area contributed by atoms with Gasteiger partial charge in [0.1, 0.15) is 0 Å². The third-order valence-corrected chi connectivity index (χ3v) is 1.17. The van der Waals surface area contributed by atoms with E-state index in [-0.39, 0.29) is 0 Å². The van der Waals surface area contributed by atoms with E-state index in [1.807, 2.05) is 13.0 Å². The van der Waals surface area contributed by atoms with Crippen molar-refractivity contribution in [2.75, 3.05) is 7.11 Å². The van der Waals surface area contributed by atoms with Crippen molar-refractivity contribution in [3.8, 4) is 0 Å². The fraction of sp³-hybridized carbons (Fsp3) is 0.556. The molecule has 0 amide bonds. The van der Waals surface area contributed by atoms with Crippen molar-refractivity contribution in [3.63, 3.8) is 0 Å². The van der Waals surface area contributed by atoms with E-state index < -0.39 is 0 Å². The molecule has 0 aromatic rings. The normalized spacial score (nSPS) is 11.3. The van der Waals surface area contributed by atoms with Gasteiger partial charge in [-0.05, 0) is 19.4 Å². The largest absolute Gasteiger partial charge is 0.501 e. The van der Waals surface area contributed by atoms with E-state index in [1.165, 1.54) is 0 Å². The maximum absolute atomic E-state index is 5.10. The number of ether oxygens (including phenoxy) is 1. The molecule has 0 spiro atoms. The van der Waals surface area contributed by atoms with Crippen LogP contribution in [0.15, 0.2) is 24.0 Å². The highest BCUT2D eigenvalue weighted by atomic mass is 16.5. The molecule has 0 saturated heterocycles. The van der Waals surface area contributed by atoms with Crippen molar-refractivity contribution in [2.45, 2.75) is 26.7 Å². The topological polar surface area (TPSA) is 9.23 Å². The van der Waals surface area contributed by atoms with Gasteiger partial charge in [-0.3, -0.25) is 0 Å². The molecule has 0 aromatic heterocycles. The fourth-order valence-corrected chi connectivity index (χ4v) is 0.754. The van der Waals surface area contributed by atoms with Crippen molar-refractivity contribution >= 4 is 0 Å². The van der Waals surface area contributed by atoms with Crippen LogP contribution in [0.4, 0.5) is 0 Å². The van der Waals surface area contributed by atoms with Crippen molar-refractivity contribution in [2.24, 2.45) is 0 Å². The fourth-order valence-electron chi connectivity index (χ4n) is 0.754. The Labute approximate surface area is 63.4 Å². The lowest BCUT2D eigenvalue weighted by Gasteiger charge is -2.02. The first-order valence-electron chi connectivity index (χ1n) is 3.60. The lowest BCUT2D eigenvalue weighted by Crippen LogP contribution is -1.85. The molecule has 1 heteroatoms. The number of hydrogen-bond acceptors (Lipinski definition) is 1. The number of methoxy groups -OCH3 is 1. The summed E-state index contributed by atoms with van der Waals surface area (Å²) in [6, 6.07) is 0. The summed E-state index contributed by atoms with van der Waals surface area (Å²) in [6.07, 6.45) is 4.10. The Kier molecular flexibility index (Phi) is 4.73. The summed E-state index contributed by atoms with van der Waals surface area (Å²) in [5, 5.41) is 0. The predicted octanol–water partition coefficient (Wildman–Crippen LogP) is 2.89. The van der Waals surface area contributed by atoms with Crippen molar-refractivity contribution in [1.82, 2.24) is 0 Å². The van der Waals surface area contributed by atoms with Crippen LogP contribution in [-0.2, 0) is 4.74 Å². The Balaban J connectivity index is 3.91. The van der Waals surface area contributed by atoms with E-state index in [4.69, 9.17) is 4.74 Å². The van der Waals surface area contributed by atoms with Crippen LogP contribution in [0.1, 0.15) is 26.7 Å². The first-order valence-corrected chi connectivity index (χ1v) is 3.60. The third kappa shape index (κ3) is 4.19. The minimum absolute atomic E-state index is 1.00. The Hall–Kier alpha value is -0.720. The van der Waals surface area contributed by atoms with E-state index in [0.29, 0.717) is 0 Å². The van der Waals surface area contributed by atoms with Crippen molar-refractivity contribution in [3.05, 3.63) is 24.0 Å². The first-order chi connectivity index (χ1) is 4.70. The van der Waals surface area contributed by atoms with Crippen LogP contribution in [0, 0.1) is 0 Å². The van der Waals surface area contributed by atoms with Gasteiger partial charge in [0, 0.05) is 6.42 Å². The maximum atomic E-state index is 5.10. The van der Waals surface area contributed by atoms with Gasteiger partial charge in [-0.2, -0.15) is 0 Å². The first kappa shape index (κ1) is 9.28. The minimum Gasteiger partial charge on any atom is -0.501 e. The molecule has 0 N–H and O–H groups in total. The third-order valence-electron chi connectivity index (χ3n) is 1.17. The van der Waals surface area contributed by atoms with Gasteiger partial charge in [0.25, 0.3) is 0 Å². The van der Waals surface area contributed by atoms with Crippen LogP contribution in [-0.4, -0.2) is 7.11 Å². The molecule has 0 aliphatic rings. The summed E-state index contributed by atoms with van der Waals surface area (Å²) in [5.41, 5.74) is 1.05. The van der Waals surface area contributed by atoms with Crippen LogP contribution in [0.3, 0.4) is 0 Å². The average molecular weight is 140 g/mol. The van der Waals surface area contributed by atoms with Crippen LogP contribution in [0.2, 0.25) is 0 Å². The number of rotatable bonds is 4. The number of hydrogen-bond donors (Lipinski definition) is 0. The quantitative estimate of drug-likeness (QED) is 0.431. The molecule has 0 radical (unpaired) electrons. The average Bonchev–Trinajstić information content (AvgIpc) is 1.86. The molecule has 0 aliphatic carbocycles. The molecular formula is C9H16O. The molecular weight excluding hydrogens is 124 g/mol. The molecule has 0 saturated carbocycles. The van der Waals surface area contributed by atoms with Crippen molar-refractivity contribution < 1.29 is 4.74 Å². The van der Waals surface area contributed by atoms with Crippen molar-refractivity contribution in [1.29, 1.82) is 0 Å². The summed E-state index contributed by atoms with van der Waals surface area (Å²) >= 11 is 0. The Morgan fingerprint density at radius 2 is 2.20 bits per heavy atom. The van der Waals surface area contributed by atoms with E-state index in [1.54, 1.807) is 7.11 Å². The SMILES string of the molecule is C=C(C)/C=C(/CCC)OC. The standard InChI is InChI=1S/C9H16O/c1-5-6-9(10-4)7-8(2)3/h7H,2,5-6H2,1,3-4H3/b9-7-. The van der Waals surface area contributed by atoms with Gasteiger partial charge in [0.05, 0.1) is 12.9 Å². The lowest BCUT2D eigenvalue weighted by molar-refractivity contribution is 0.276. The second-order valence-corrected chi connectivity index (χ2v) is 2.41. The van der Waals surface area contributed by atoms with Gasteiger partial charge in [-0.15, -0.1) is 0 Å². The molecule has 0 heterocycles. The molecule has 10 heavy (non-hydrogen) atoms. The molecule has 0 atom stereocenters. The number of allylic oxidation sites excluding steroid dienone is 3. The smallest absolute Gasteiger partial charge is 0.0957 e. The van der Waals surface area contributed by atoms with Gasteiger partial charge >= 0.3 is 0 Å². The van der Waals surface area contributed by atoms with Gasteiger partial charge in [-0.25, -0.2) is 0 Å². The predicted molar refractivity (Wildman–Crippen MR) is 44.8 cm³/mol. The molecule has 0 fully saturated rings. The molecule has 0 aliphatic heterocycles. The van der Waals surface area contributed by atoms with Crippen LogP contribution in [0.25, 0.3) is 0 Å². The zero-order valence-electron chi connectivity index (χ0n) is 7.11. The van der Waals surface area contributed by atoms with Crippen LogP contribution in [0.5, 0.6) is 0 Å². The maximum Gasteiger partial charge on any atom is 0.0957 e. The molecule has 58 valence electrons. The zero-order valence-corrected chi connectivity index (χ0v) is 7.11. The highest BCUT2D eigenvalue weighted by Gasteiger charge is 1.91. The lowest BCUT2D eigenvalue weighted by atomic mass is 10.2. The monoisotopic (exact) mass is 140 g/mol. The molecule has 0 aromatic carbocycles. The molecule has 0 bridgehead atoms.